The topological polar surface area (TPSA) is 75.9 Å². The Morgan fingerprint density at radius 1 is 1.15 bits per heavy atom. The molecular weight excluding hydrogens is 264 g/mol. The molecule has 0 aliphatic carbocycles. The second-order valence-corrected chi connectivity index (χ2v) is 4.52. The van der Waals surface area contributed by atoms with Crippen molar-refractivity contribution in [3.05, 3.63) is 41.7 Å². The maximum Gasteiger partial charge on any atom is 0.182 e. The molecule has 0 atom stereocenters. The molecule has 20 heavy (non-hydrogen) atoms. The number of aromatic nitrogens is 2. The van der Waals surface area contributed by atoms with Gasteiger partial charge in [-0.15, -0.1) is 0 Å². The lowest BCUT2D eigenvalue weighted by Gasteiger charge is -2.12. The van der Waals surface area contributed by atoms with Crippen molar-refractivity contribution in [1.29, 1.82) is 0 Å². The van der Waals surface area contributed by atoms with E-state index in [9.17, 15) is 8.78 Å². The molecule has 1 heterocycles. The average Bonchev–Trinajstić information content (AvgIpc) is 2.43. The summed E-state index contributed by atoms with van der Waals surface area (Å²) in [4.78, 5) is 8.42. The molecule has 4 N–H and O–H groups in total. The van der Waals surface area contributed by atoms with Crippen LogP contribution in [0.15, 0.2) is 24.3 Å². The van der Waals surface area contributed by atoms with Crippen LogP contribution in [-0.4, -0.2) is 9.97 Å². The van der Waals surface area contributed by atoms with E-state index < -0.39 is 11.6 Å². The molecule has 2 aromatic rings. The van der Waals surface area contributed by atoms with Crippen molar-refractivity contribution < 1.29 is 8.78 Å². The molecular formula is C13H15F2N5. The molecule has 7 heteroatoms. The van der Waals surface area contributed by atoms with Gasteiger partial charge in [0.2, 0.25) is 0 Å². The van der Waals surface area contributed by atoms with Crippen LogP contribution in [0.4, 0.5) is 26.1 Å². The first-order chi connectivity index (χ1) is 9.51. The Balaban J connectivity index is 2.37. The quantitative estimate of drug-likeness (QED) is 0.592. The number of rotatable bonds is 4. The third kappa shape index (κ3) is 3.00. The predicted molar refractivity (Wildman–Crippen MR) is 73.6 cm³/mol. The van der Waals surface area contributed by atoms with Gasteiger partial charge in [-0.3, -0.25) is 0 Å². The minimum absolute atomic E-state index is 0.00128. The van der Waals surface area contributed by atoms with Crippen LogP contribution in [0, 0.1) is 11.6 Å². The van der Waals surface area contributed by atoms with Gasteiger partial charge in [0.1, 0.15) is 17.5 Å². The van der Waals surface area contributed by atoms with Crippen molar-refractivity contribution >= 4 is 17.3 Å². The van der Waals surface area contributed by atoms with Crippen LogP contribution in [0.2, 0.25) is 0 Å². The van der Waals surface area contributed by atoms with Gasteiger partial charge < -0.3 is 10.7 Å². The summed E-state index contributed by atoms with van der Waals surface area (Å²) in [6.45, 7) is 3.84. The van der Waals surface area contributed by atoms with E-state index in [1.807, 2.05) is 13.8 Å². The lowest BCUT2D eigenvalue weighted by molar-refractivity contribution is 0.511. The predicted octanol–water partition coefficient (Wildman–Crippen LogP) is 2.91. The van der Waals surface area contributed by atoms with Crippen LogP contribution in [0.3, 0.4) is 0 Å². The minimum Gasteiger partial charge on any atom is -0.338 e. The SMILES string of the molecule is CC(C)c1nc(NN)cc(Nc2cccc(F)c2F)n1. The van der Waals surface area contributed by atoms with E-state index in [1.54, 1.807) is 0 Å². The van der Waals surface area contributed by atoms with E-state index in [1.165, 1.54) is 18.2 Å². The summed E-state index contributed by atoms with van der Waals surface area (Å²) in [5.74, 6) is 4.79. The van der Waals surface area contributed by atoms with Crippen molar-refractivity contribution in [2.24, 2.45) is 5.84 Å². The molecule has 2 rings (SSSR count). The molecule has 0 unspecified atom stereocenters. The summed E-state index contributed by atoms with van der Waals surface area (Å²) in [5, 5.41) is 2.72. The number of nitrogens with zero attached hydrogens (tertiary/aromatic N) is 2. The van der Waals surface area contributed by atoms with Crippen LogP contribution in [0.1, 0.15) is 25.6 Å². The fourth-order valence-electron chi connectivity index (χ4n) is 1.60. The molecule has 0 radical (unpaired) electrons. The van der Waals surface area contributed by atoms with Gasteiger partial charge in [-0.05, 0) is 12.1 Å². The fourth-order valence-corrected chi connectivity index (χ4v) is 1.60. The maximum absolute atomic E-state index is 13.6. The highest BCUT2D eigenvalue weighted by molar-refractivity contribution is 5.59. The molecule has 0 aliphatic heterocycles. The Kier molecular flexibility index (Phi) is 4.09. The molecule has 0 saturated heterocycles. The largest absolute Gasteiger partial charge is 0.338 e. The molecule has 0 saturated carbocycles. The summed E-state index contributed by atoms with van der Waals surface area (Å²) >= 11 is 0. The zero-order valence-corrected chi connectivity index (χ0v) is 11.1. The zero-order valence-electron chi connectivity index (χ0n) is 11.1. The Hall–Kier alpha value is -2.28. The molecule has 1 aromatic heterocycles. The normalized spacial score (nSPS) is 10.7. The Labute approximate surface area is 115 Å². The highest BCUT2D eigenvalue weighted by Crippen LogP contribution is 2.23. The van der Waals surface area contributed by atoms with Crippen LogP contribution in [0.25, 0.3) is 0 Å². The van der Waals surface area contributed by atoms with Crippen molar-refractivity contribution in [2.45, 2.75) is 19.8 Å². The number of anilines is 3. The van der Waals surface area contributed by atoms with Crippen LogP contribution < -0.4 is 16.6 Å². The lowest BCUT2D eigenvalue weighted by atomic mass is 10.2. The van der Waals surface area contributed by atoms with Crippen LogP contribution in [-0.2, 0) is 0 Å². The summed E-state index contributed by atoms with van der Waals surface area (Å²) in [7, 11) is 0. The first-order valence-corrected chi connectivity index (χ1v) is 6.08. The molecule has 0 fully saturated rings. The van der Waals surface area contributed by atoms with Crippen LogP contribution in [0.5, 0.6) is 0 Å². The molecule has 106 valence electrons. The van der Waals surface area contributed by atoms with E-state index in [2.05, 4.69) is 20.7 Å². The number of hydrogen-bond acceptors (Lipinski definition) is 5. The van der Waals surface area contributed by atoms with E-state index in [-0.39, 0.29) is 11.6 Å². The molecule has 0 amide bonds. The highest BCUT2D eigenvalue weighted by Gasteiger charge is 2.11. The summed E-state index contributed by atoms with van der Waals surface area (Å²) in [6.07, 6.45) is 0. The lowest BCUT2D eigenvalue weighted by Crippen LogP contribution is -2.12. The third-order valence-electron chi connectivity index (χ3n) is 2.62. The van der Waals surface area contributed by atoms with Crippen molar-refractivity contribution in [3.8, 4) is 0 Å². The second kappa shape index (κ2) is 5.79. The summed E-state index contributed by atoms with van der Waals surface area (Å²) in [5.41, 5.74) is 2.42. The standard InChI is InChI=1S/C13H15F2N5/c1-7(2)13-18-10(6-11(19-13)20-16)17-9-5-3-4-8(14)12(9)15/h3-7H,16H2,1-2H3,(H2,17,18,19,20). The smallest absolute Gasteiger partial charge is 0.182 e. The molecule has 0 spiro atoms. The Morgan fingerprint density at radius 3 is 2.50 bits per heavy atom. The van der Waals surface area contributed by atoms with Gasteiger partial charge in [-0.25, -0.2) is 24.6 Å². The summed E-state index contributed by atoms with van der Waals surface area (Å²) < 4.78 is 26.8. The highest BCUT2D eigenvalue weighted by atomic mass is 19.2. The number of benzene rings is 1. The van der Waals surface area contributed by atoms with E-state index in [0.717, 1.165) is 6.07 Å². The second-order valence-electron chi connectivity index (χ2n) is 4.52. The number of nitrogens with two attached hydrogens (primary N) is 1. The van der Waals surface area contributed by atoms with Gasteiger partial charge in [0.25, 0.3) is 0 Å². The number of hydrogen-bond donors (Lipinski definition) is 3. The molecule has 0 aliphatic rings. The van der Waals surface area contributed by atoms with E-state index in [4.69, 9.17) is 5.84 Å². The average molecular weight is 279 g/mol. The first kappa shape index (κ1) is 14.1. The summed E-state index contributed by atoms with van der Waals surface area (Å²) in [6, 6.07) is 5.39. The van der Waals surface area contributed by atoms with Gasteiger partial charge >= 0.3 is 0 Å². The van der Waals surface area contributed by atoms with Crippen LogP contribution >= 0.6 is 0 Å². The van der Waals surface area contributed by atoms with Gasteiger partial charge in [0.15, 0.2) is 11.6 Å². The van der Waals surface area contributed by atoms with Crippen molar-refractivity contribution in [2.75, 3.05) is 10.7 Å². The first-order valence-electron chi connectivity index (χ1n) is 6.08. The van der Waals surface area contributed by atoms with Gasteiger partial charge in [-0.2, -0.15) is 0 Å². The van der Waals surface area contributed by atoms with Crippen molar-refractivity contribution in [3.63, 3.8) is 0 Å². The number of hydrazine groups is 1. The van der Waals surface area contributed by atoms with E-state index in [0.29, 0.717) is 17.5 Å². The minimum atomic E-state index is -0.959. The van der Waals surface area contributed by atoms with Gasteiger partial charge in [0, 0.05) is 12.0 Å². The van der Waals surface area contributed by atoms with Crippen molar-refractivity contribution in [1.82, 2.24) is 9.97 Å². The molecule has 0 bridgehead atoms. The van der Waals surface area contributed by atoms with Gasteiger partial charge in [0.05, 0.1) is 5.69 Å². The monoisotopic (exact) mass is 279 g/mol. The molecule has 5 nitrogen and oxygen atoms in total. The van der Waals surface area contributed by atoms with E-state index >= 15 is 0 Å². The maximum atomic E-state index is 13.6. The zero-order chi connectivity index (χ0) is 14.7. The Bertz CT molecular complexity index is 616. The number of nitrogen functional groups attached to an aromatic ring is 1. The van der Waals surface area contributed by atoms with Gasteiger partial charge in [-0.1, -0.05) is 19.9 Å². The Morgan fingerprint density at radius 2 is 1.85 bits per heavy atom. The number of halogens is 2. The number of nitrogens with one attached hydrogen (secondary N) is 2. The molecule has 1 aromatic carbocycles. The fraction of sp³-hybridized carbons (Fsp3) is 0.231. The third-order valence-corrected chi connectivity index (χ3v) is 2.62.